The minimum absolute atomic E-state index is 0.671. The van der Waals surface area contributed by atoms with Crippen LogP contribution in [0, 0.1) is 13.8 Å². The second-order valence-corrected chi connectivity index (χ2v) is 8.14. The first-order valence-corrected chi connectivity index (χ1v) is 10.7. The van der Waals surface area contributed by atoms with Gasteiger partial charge in [-0.25, -0.2) is 0 Å². The number of guanidine groups is 1. The molecule has 0 aliphatic carbocycles. The molecular weight excluding hydrogens is 360 g/mol. The molecule has 0 bridgehead atoms. The van der Waals surface area contributed by atoms with Gasteiger partial charge in [-0.1, -0.05) is 30.7 Å². The van der Waals surface area contributed by atoms with Gasteiger partial charge in [-0.3, -0.25) is 14.6 Å². The fraction of sp³-hybridized carbons (Fsp3) is 0.565. The largest absolute Gasteiger partial charge is 0.352 e. The van der Waals surface area contributed by atoms with Gasteiger partial charge in [0.2, 0.25) is 0 Å². The lowest BCUT2D eigenvalue weighted by atomic mass is 10.0. The van der Waals surface area contributed by atoms with E-state index in [1.54, 1.807) is 0 Å². The summed E-state index contributed by atoms with van der Waals surface area (Å²) >= 11 is 0. The quantitative estimate of drug-likeness (QED) is 0.581. The predicted molar refractivity (Wildman–Crippen MR) is 120 cm³/mol. The van der Waals surface area contributed by atoms with Crippen LogP contribution in [0.3, 0.4) is 0 Å². The number of nitrogens with one attached hydrogen (secondary N) is 2. The molecule has 1 fully saturated rings. The van der Waals surface area contributed by atoms with Gasteiger partial charge >= 0.3 is 0 Å². The van der Waals surface area contributed by atoms with Crippen molar-refractivity contribution in [3.05, 3.63) is 52.3 Å². The van der Waals surface area contributed by atoms with E-state index in [2.05, 4.69) is 70.7 Å². The Morgan fingerprint density at radius 1 is 1.14 bits per heavy atom. The molecule has 1 aliphatic rings. The zero-order valence-electron chi connectivity index (χ0n) is 18.6. The summed E-state index contributed by atoms with van der Waals surface area (Å²) < 4.78 is 1.93. The molecule has 0 saturated carbocycles. The third-order valence-electron chi connectivity index (χ3n) is 6.19. The summed E-state index contributed by atoms with van der Waals surface area (Å²) in [6.07, 6.45) is 3.98. The number of aryl methyl sites for hydroxylation is 2. The molecule has 1 unspecified atom stereocenters. The number of rotatable bonds is 6. The zero-order chi connectivity index (χ0) is 20.8. The number of aromatic nitrogens is 2. The van der Waals surface area contributed by atoms with Gasteiger partial charge in [-0.2, -0.15) is 5.10 Å². The Hall–Kier alpha value is -2.34. The van der Waals surface area contributed by atoms with Crippen molar-refractivity contribution in [2.45, 2.75) is 65.7 Å². The standard InChI is InChI=1S/C23H36N6/c1-17-10-8-9-13-29(17)16-21-12-7-6-11-20(21)14-25-23(24-4)26-15-22-18(2)27-28(5)19(22)3/h6-7,11-12,17H,8-10,13-16H2,1-5H3,(H2,24,25,26). The van der Waals surface area contributed by atoms with Crippen LogP contribution in [0.2, 0.25) is 0 Å². The van der Waals surface area contributed by atoms with Crippen LogP contribution in [-0.2, 0) is 26.7 Å². The van der Waals surface area contributed by atoms with Crippen LogP contribution in [0.25, 0.3) is 0 Å². The number of likely N-dealkylation sites (tertiary alicyclic amines) is 1. The number of aliphatic imine (C=N–C) groups is 1. The summed E-state index contributed by atoms with van der Waals surface area (Å²) in [5, 5.41) is 11.4. The topological polar surface area (TPSA) is 57.5 Å². The highest BCUT2D eigenvalue weighted by Crippen LogP contribution is 2.20. The van der Waals surface area contributed by atoms with Gasteiger partial charge in [0.15, 0.2) is 5.96 Å². The van der Waals surface area contributed by atoms with Crippen LogP contribution in [0.1, 0.15) is 54.3 Å². The van der Waals surface area contributed by atoms with Crippen molar-refractivity contribution in [3.8, 4) is 0 Å². The Bertz CT molecular complexity index is 838. The number of piperidine rings is 1. The monoisotopic (exact) mass is 396 g/mol. The molecule has 0 amide bonds. The van der Waals surface area contributed by atoms with E-state index in [1.807, 2.05) is 18.8 Å². The second-order valence-electron chi connectivity index (χ2n) is 8.14. The first kappa shape index (κ1) is 21.4. The van der Waals surface area contributed by atoms with Crippen LogP contribution in [-0.4, -0.2) is 40.3 Å². The van der Waals surface area contributed by atoms with Gasteiger partial charge in [-0.05, 0) is 51.3 Å². The Morgan fingerprint density at radius 3 is 2.52 bits per heavy atom. The van der Waals surface area contributed by atoms with Gasteiger partial charge < -0.3 is 10.6 Å². The minimum atomic E-state index is 0.671. The summed E-state index contributed by atoms with van der Waals surface area (Å²) in [6.45, 7) is 10.2. The number of nitrogens with zero attached hydrogens (tertiary/aromatic N) is 4. The summed E-state index contributed by atoms with van der Waals surface area (Å²) in [5.74, 6) is 0.814. The van der Waals surface area contributed by atoms with Crippen LogP contribution < -0.4 is 10.6 Å². The molecule has 3 rings (SSSR count). The predicted octanol–water partition coefficient (Wildman–Crippen LogP) is 3.28. The fourth-order valence-electron chi connectivity index (χ4n) is 4.14. The molecule has 2 heterocycles. The summed E-state index contributed by atoms with van der Waals surface area (Å²) in [6, 6.07) is 9.43. The smallest absolute Gasteiger partial charge is 0.191 e. The Balaban J connectivity index is 1.59. The first-order valence-electron chi connectivity index (χ1n) is 10.7. The number of hydrogen-bond acceptors (Lipinski definition) is 3. The average molecular weight is 397 g/mol. The highest BCUT2D eigenvalue weighted by atomic mass is 15.3. The van der Waals surface area contributed by atoms with E-state index in [0.717, 1.165) is 31.3 Å². The highest BCUT2D eigenvalue weighted by molar-refractivity contribution is 5.79. The van der Waals surface area contributed by atoms with E-state index in [0.29, 0.717) is 6.04 Å². The van der Waals surface area contributed by atoms with Gasteiger partial charge in [0.05, 0.1) is 5.69 Å². The molecule has 1 aromatic heterocycles. The van der Waals surface area contributed by atoms with Crippen molar-refractivity contribution in [3.63, 3.8) is 0 Å². The molecule has 2 N–H and O–H groups in total. The van der Waals surface area contributed by atoms with Crippen LogP contribution in [0.5, 0.6) is 0 Å². The molecule has 0 spiro atoms. The van der Waals surface area contributed by atoms with Gasteiger partial charge in [-0.15, -0.1) is 0 Å². The van der Waals surface area contributed by atoms with E-state index in [-0.39, 0.29) is 0 Å². The lowest BCUT2D eigenvalue weighted by molar-refractivity contribution is 0.152. The van der Waals surface area contributed by atoms with Crippen molar-refractivity contribution < 1.29 is 0 Å². The van der Waals surface area contributed by atoms with Crippen molar-refractivity contribution in [1.82, 2.24) is 25.3 Å². The molecule has 1 aliphatic heterocycles. The molecule has 2 aromatic rings. The van der Waals surface area contributed by atoms with E-state index in [4.69, 9.17) is 0 Å². The maximum absolute atomic E-state index is 4.49. The van der Waals surface area contributed by atoms with E-state index >= 15 is 0 Å². The minimum Gasteiger partial charge on any atom is -0.352 e. The zero-order valence-corrected chi connectivity index (χ0v) is 18.6. The SMILES string of the molecule is CN=C(NCc1ccccc1CN1CCCCC1C)NCc1c(C)nn(C)c1C. The molecule has 1 saturated heterocycles. The van der Waals surface area contributed by atoms with Crippen molar-refractivity contribution in [2.24, 2.45) is 12.0 Å². The Labute approximate surface area is 175 Å². The van der Waals surface area contributed by atoms with E-state index in [9.17, 15) is 0 Å². The second kappa shape index (κ2) is 9.92. The van der Waals surface area contributed by atoms with Gasteiger partial charge in [0, 0.05) is 51.0 Å². The summed E-state index contributed by atoms with van der Waals surface area (Å²) in [5.41, 5.74) is 6.22. The van der Waals surface area contributed by atoms with Crippen LogP contribution in [0.15, 0.2) is 29.3 Å². The number of benzene rings is 1. The fourth-order valence-corrected chi connectivity index (χ4v) is 4.14. The van der Waals surface area contributed by atoms with Crippen molar-refractivity contribution in [1.29, 1.82) is 0 Å². The molecule has 0 radical (unpaired) electrons. The summed E-state index contributed by atoms with van der Waals surface area (Å²) in [7, 11) is 3.80. The van der Waals surface area contributed by atoms with Crippen molar-refractivity contribution >= 4 is 5.96 Å². The molecule has 158 valence electrons. The summed E-state index contributed by atoms with van der Waals surface area (Å²) in [4.78, 5) is 7.01. The molecule has 29 heavy (non-hydrogen) atoms. The maximum Gasteiger partial charge on any atom is 0.191 e. The number of hydrogen-bond donors (Lipinski definition) is 2. The van der Waals surface area contributed by atoms with E-state index < -0.39 is 0 Å². The normalized spacial score (nSPS) is 18.1. The average Bonchev–Trinajstić information content (AvgIpc) is 2.96. The lowest BCUT2D eigenvalue weighted by Gasteiger charge is -2.33. The van der Waals surface area contributed by atoms with E-state index in [1.165, 1.54) is 48.2 Å². The Kier molecular flexibility index (Phi) is 7.31. The third kappa shape index (κ3) is 5.38. The molecule has 6 heteroatoms. The molecule has 1 aromatic carbocycles. The lowest BCUT2D eigenvalue weighted by Crippen LogP contribution is -2.38. The Morgan fingerprint density at radius 2 is 1.86 bits per heavy atom. The van der Waals surface area contributed by atoms with Gasteiger partial charge in [0.25, 0.3) is 0 Å². The molecular formula is C23H36N6. The molecule has 6 nitrogen and oxygen atoms in total. The van der Waals surface area contributed by atoms with Crippen molar-refractivity contribution in [2.75, 3.05) is 13.6 Å². The third-order valence-corrected chi connectivity index (χ3v) is 6.19. The van der Waals surface area contributed by atoms with Crippen LogP contribution >= 0.6 is 0 Å². The van der Waals surface area contributed by atoms with Crippen LogP contribution in [0.4, 0.5) is 0 Å². The molecule has 1 atom stereocenters. The van der Waals surface area contributed by atoms with Gasteiger partial charge in [0.1, 0.15) is 0 Å². The maximum atomic E-state index is 4.49. The highest BCUT2D eigenvalue weighted by Gasteiger charge is 2.19. The first-order chi connectivity index (χ1) is 14.0.